The lowest BCUT2D eigenvalue weighted by atomic mass is 9.94. The average molecular weight is 173 g/mol. The fraction of sp³-hybridized carbons (Fsp3) is 0.889. The molecule has 3 heteroatoms. The number of nitrogens with one attached hydrogen (secondary N) is 1. The molecule has 3 nitrogen and oxygen atoms in total. The third kappa shape index (κ3) is 3.22. The topological polar surface area (TPSA) is 49.3 Å². The summed E-state index contributed by atoms with van der Waals surface area (Å²) in [5.74, 6) is -0.792. The number of rotatable bonds is 3. The van der Waals surface area contributed by atoms with E-state index in [4.69, 9.17) is 5.11 Å². The Bertz CT molecular complexity index is 172. The number of aliphatic carboxylic acids is 1. The summed E-state index contributed by atoms with van der Waals surface area (Å²) in [6.07, 6.45) is 0.583. The Kier molecular flexibility index (Phi) is 3.27. The molecule has 0 aliphatic carbocycles. The summed E-state index contributed by atoms with van der Waals surface area (Å²) < 4.78 is 0. The van der Waals surface area contributed by atoms with Crippen LogP contribution in [0.2, 0.25) is 0 Å². The highest BCUT2D eigenvalue weighted by molar-refractivity contribution is 5.78. The van der Waals surface area contributed by atoms with Crippen LogP contribution in [0.4, 0.5) is 0 Å². The molecule has 0 aliphatic rings. The van der Waals surface area contributed by atoms with Gasteiger partial charge in [0.05, 0.1) is 0 Å². The number of hydrogen-bond acceptors (Lipinski definition) is 2. The summed E-state index contributed by atoms with van der Waals surface area (Å²) in [4.78, 5) is 10.9. The minimum Gasteiger partial charge on any atom is -0.480 e. The van der Waals surface area contributed by atoms with Crippen molar-refractivity contribution in [2.45, 2.75) is 52.1 Å². The maximum Gasteiger partial charge on any atom is 0.323 e. The van der Waals surface area contributed by atoms with E-state index in [1.807, 2.05) is 27.7 Å². The first-order valence-electron chi connectivity index (χ1n) is 4.24. The number of carboxylic acids is 1. The van der Waals surface area contributed by atoms with E-state index in [0.717, 1.165) is 0 Å². The summed E-state index contributed by atoms with van der Waals surface area (Å²) >= 11 is 0. The van der Waals surface area contributed by atoms with Gasteiger partial charge in [-0.1, -0.05) is 6.92 Å². The normalized spacial score (nSPS) is 17.1. The van der Waals surface area contributed by atoms with Gasteiger partial charge in [0.1, 0.15) is 5.54 Å². The minimum atomic E-state index is -0.807. The van der Waals surface area contributed by atoms with E-state index in [2.05, 4.69) is 5.32 Å². The lowest BCUT2D eigenvalue weighted by Gasteiger charge is -2.33. The molecule has 0 aromatic heterocycles. The van der Waals surface area contributed by atoms with Crippen molar-refractivity contribution in [2.75, 3.05) is 0 Å². The second-order valence-corrected chi connectivity index (χ2v) is 4.37. The van der Waals surface area contributed by atoms with Crippen molar-refractivity contribution in [3.8, 4) is 0 Å². The fourth-order valence-electron chi connectivity index (χ4n) is 1.12. The Morgan fingerprint density at radius 1 is 1.33 bits per heavy atom. The molecule has 0 heterocycles. The predicted molar refractivity (Wildman–Crippen MR) is 49.2 cm³/mol. The van der Waals surface area contributed by atoms with Gasteiger partial charge in [-0.3, -0.25) is 10.1 Å². The van der Waals surface area contributed by atoms with Crippen LogP contribution in [-0.4, -0.2) is 22.2 Å². The van der Waals surface area contributed by atoms with Crippen LogP contribution >= 0.6 is 0 Å². The molecule has 1 unspecified atom stereocenters. The van der Waals surface area contributed by atoms with E-state index in [1.54, 1.807) is 6.92 Å². The van der Waals surface area contributed by atoms with Crippen LogP contribution in [0.1, 0.15) is 41.0 Å². The maximum absolute atomic E-state index is 10.9. The Morgan fingerprint density at radius 3 is 1.83 bits per heavy atom. The molecule has 0 spiro atoms. The zero-order valence-electron chi connectivity index (χ0n) is 8.56. The second kappa shape index (κ2) is 3.44. The second-order valence-electron chi connectivity index (χ2n) is 4.37. The van der Waals surface area contributed by atoms with Crippen molar-refractivity contribution in [2.24, 2.45) is 0 Å². The van der Waals surface area contributed by atoms with E-state index < -0.39 is 11.5 Å². The van der Waals surface area contributed by atoms with E-state index in [9.17, 15) is 4.79 Å². The summed E-state index contributed by atoms with van der Waals surface area (Å²) in [5, 5.41) is 12.0. The summed E-state index contributed by atoms with van der Waals surface area (Å²) in [6.45, 7) is 9.46. The largest absolute Gasteiger partial charge is 0.480 e. The van der Waals surface area contributed by atoms with Crippen molar-refractivity contribution >= 4 is 5.97 Å². The summed E-state index contributed by atoms with van der Waals surface area (Å²) in [7, 11) is 0. The predicted octanol–water partition coefficient (Wildman–Crippen LogP) is 1.63. The molecule has 0 aromatic rings. The van der Waals surface area contributed by atoms with Gasteiger partial charge in [0.15, 0.2) is 0 Å². The Balaban J connectivity index is 4.46. The van der Waals surface area contributed by atoms with Crippen LogP contribution < -0.4 is 5.32 Å². The van der Waals surface area contributed by atoms with Gasteiger partial charge in [0.25, 0.3) is 0 Å². The Morgan fingerprint density at radius 2 is 1.75 bits per heavy atom. The van der Waals surface area contributed by atoms with Gasteiger partial charge in [-0.25, -0.2) is 0 Å². The van der Waals surface area contributed by atoms with Crippen LogP contribution in [0.25, 0.3) is 0 Å². The Labute approximate surface area is 74.2 Å². The van der Waals surface area contributed by atoms with E-state index >= 15 is 0 Å². The monoisotopic (exact) mass is 173 g/mol. The molecule has 0 bridgehead atoms. The van der Waals surface area contributed by atoms with Crippen LogP contribution in [0.3, 0.4) is 0 Å². The molecule has 12 heavy (non-hydrogen) atoms. The van der Waals surface area contributed by atoms with Crippen molar-refractivity contribution in [1.29, 1.82) is 0 Å². The van der Waals surface area contributed by atoms with Crippen LogP contribution in [-0.2, 0) is 4.79 Å². The molecule has 0 amide bonds. The van der Waals surface area contributed by atoms with Crippen molar-refractivity contribution in [3.63, 3.8) is 0 Å². The molecule has 1 atom stereocenters. The highest BCUT2D eigenvalue weighted by Gasteiger charge is 2.34. The highest BCUT2D eigenvalue weighted by atomic mass is 16.4. The van der Waals surface area contributed by atoms with Gasteiger partial charge >= 0.3 is 5.97 Å². The first-order valence-corrected chi connectivity index (χ1v) is 4.24. The van der Waals surface area contributed by atoms with Gasteiger partial charge in [0.2, 0.25) is 0 Å². The van der Waals surface area contributed by atoms with Crippen molar-refractivity contribution in [3.05, 3.63) is 0 Å². The van der Waals surface area contributed by atoms with Gasteiger partial charge in [-0.05, 0) is 34.1 Å². The van der Waals surface area contributed by atoms with Gasteiger partial charge < -0.3 is 5.11 Å². The molecule has 0 fully saturated rings. The molecule has 0 saturated heterocycles. The standard InChI is InChI=1S/C9H19NO2/c1-6-9(5,7(11)12)10-8(2,3)4/h10H,6H2,1-5H3,(H,11,12). The molecule has 0 rings (SSSR count). The van der Waals surface area contributed by atoms with Crippen molar-refractivity contribution in [1.82, 2.24) is 5.32 Å². The quantitative estimate of drug-likeness (QED) is 0.682. The summed E-state index contributed by atoms with van der Waals surface area (Å²) in [6, 6.07) is 0. The Hall–Kier alpha value is -0.570. The van der Waals surface area contributed by atoms with E-state index in [1.165, 1.54) is 0 Å². The number of carbonyl (C=O) groups is 1. The minimum absolute atomic E-state index is 0.164. The van der Waals surface area contributed by atoms with Gasteiger partial charge in [-0.15, -0.1) is 0 Å². The fourth-order valence-corrected chi connectivity index (χ4v) is 1.12. The van der Waals surface area contributed by atoms with Gasteiger partial charge in [0, 0.05) is 5.54 Å². The number of carboxylic acid groups (broad SMARTS) is 1. The SMILES string of the molecule is CCC(C)(NC(C)(C)C)C(=O)O. The van der Waals surface area contributed by atoms with Crippen molar-refractivity contribution < 1.29 is 9.90 Å². The molecule has 2 N–H and O–H groups in total. The molecular formula is C9H19NO2. The maximum atomic E-state index is 10.9. The van der Waals surface area contributed by atoms with E-state index in [0.29, 0.717) is 6.42 Å². The first kappa shape index (κ1) is 11.4. The van der Waals surface area contributed by atoms with Crippen LogP contribution in [0.15, 0.2) is 0 Å². The third-order valence-electron chi connectivity index (χ3n) is 1.83. The molecule has 0 aromatic carbocycles. The third-order valence-corrected chi connectivity index (χ3v) is 1.83. The molecular weight excluding hydrogens is 154 g/mol. The smallest absolute Gasteiger partial charge is 0.323 e. The van der Waals surface area contributed by atoms with Crippen LogP contribution in [0.5, 0.6) is 0 Å². The van der Waals surface area contributed by atoms with Crippen LogP contribution in [0, 0.1) is 0 Å². The lowest BCUT2D eigenvalue weighted by Crippen LogP contribution is -2.56. The highest BCUT2D eigenvalue weighted by Crippen LogP contribution is 2.14. The zero-order chi connectivity index (χ0) is 9.99. The summed E-state index contributed by atoms with van der Waals surface area (Å²) in [5.41, 5.74) is -0.971. The molecule has 0 radical (unpaired) electrons. The zero-order valence-corrected chi connectivity index (χ0v) is 8.56. The first-order chi connectivity index (χ1) is 5.21. The van der Waals surface area contributed by atoms with E-state index in [-0.39, 0.29) is 5.54 Å². The molecule has 72 valence electrons. The molecule has 0 saturated carbocycles. The lowest BCUT2D eigenvalue weighted by molar-refractivity contribution is -0.145. The molecule has 0 aliphatic heterocycles. The number of hydrogen-bond donors (Lipinski definition) is 2. The average Bonchev–Trinajstić information content (AvgIpc) is 1.83. The van der Waals surface area contributed by atoms with Gasteiger partial charge in [-0.2, -0.15) is 0 Å².